The highest BCUT2D eigenvalue weighted by Crippen LogP contribution is 2.09. The molecule has 0 radical (unpaired) electrons. The number of nitrogens with two attached hydrogens (primary N) is 1. The van der Waals surface area contributed by atoms with Crippen LogP contribution in [0.4, 0.5) is 10.5 Å². The van der Waals surface area contributed by atoms with Gasteiger partial charge < -0.3 is 21.5 Å². The second-order valence-electron chi connectivity index (χ2n) is 4.53. The van der Waals surface area contributed by atoms with Gasteiger partial charge in [0.25, 0.3) is 5.91 Å². The van der Waals surface area contributed by atoms with Crippen LogP contribution in [-0.4, -0.2) is 29.2 Å². The third-order valence-electron chi connectivity index (χ3n) is 2.49. The van der Waals surface area contributed by atoms with Crippen molar-refractivity contribution >= 4 is 17.6 Å². The molecule has 0 heterocycles. The normalized spacial score (nSPS) is 13.4. The van der Waals surface area contributed by atoms with Gasteiger partial charge in [-0.2, -0.15) is 0 Å². The van der Waals surface area contributed by atoms with Gasteiger partial charge in [-0.15, -0.1) is 0 Å². The van der Waals surface area contributed by atoms with Crippen molar-refractivity contribution in [2.75, 3.05) is 5.32 Å². The molecule has 0 saturated heterocycles. The molecule has 0 aliphatic heterocycles. The van der Waals surface area contributed by atoms with Gasteiger partial charge in [-0.05, 0) is 44.5 Å². The maximum absolute atomic E-state index is 11.9. The zero-order valence-electron chi connectivity index (χ0n) is 11.0. The lowest BCUT2D eigenvalue weighted by atomic mass is 10.1. The molecular weight excluding hydrogens is 246 g/mol. The number of anilines is 1. The summed E-state index contributed by atoms with van der Waals surface area (Å²) in [5, 5.41) is 14.4. The number of aliphatic hydroxyl groups excluding tert-OH is 1. The van der Waals surface area contributed by atoms with Crippen LogP contribution in [0.5, 0.6) is 0 Å². The highest BCUT2D eigenvalue weighted by molar-refractivity contribution is 5.95. The van der Waals surface area contributed by atoms with Gasteiger partial charge in [0.05, 0.1) is 6.10 Å². The molecule has 0 spiro atoms. The van der Waals surface area contributed by atoms with E-state index in [2.05, 4.69) is 10.6 Å². The maximum Gasteiger partial charge on any atom is 0.316 e. The van der Waals surface area contributed by atoms with E-state index in [0.717, 1.165) is 0 Å². The van der Waals surface area contributed by atoms with Crippen molar-refractivity contribution in [1.29, 1.82) is 0 Å². The van der Waals surface area contributed by atoms with E-state index in [1.54, 1.807) is 31.2 Å². The predicted molar refractivity (Wildman–Crippen MR) is 72.9 cm³/mol. The van der Waals surface area contributed by atoms with Crippen molar-refractivity contribution in [3.8, 4) is 0 Å². The van der Waals surface area contributed by atoms with Crippen LogP contribution in [0.1, 0.15) is 30.6 Å². The van der Waals surface area contributed by atoms with Gasteiger partial charge in [-0.3, -0.25) is 4.79 Å². The molecule has 104 valence electrons. The molecule has 1 aromatic carbocycles. The summed E-state index contributed by atoms with van der Waals surface area (Å²) < 4.78 is 0. The molecule has 3 amide bonds. The minimum Gasteiger partial charge on any atom is -0.393 e. The summed E-state index contributed by atoms with van der Waals surface area (Å²) in [4.78, 5) is 22.5. The molecule has 0 aliphatic rings. The number of aliphatic hydroxyl groups is 1. The summed E-state index contributed by atoms with van der Waals surface area (Å²) in [6.07, 6.45) is 0.0324. The minimum absolute atomic E-state index is 0.115. The van der Waals surface area contributed by atoms with E-state index >= 15 is 0 Å². The molecule has 6 heteroatoms. The van der Waals surface area contributed by atoms with E-state index in [0.29, 0.717) is 17.7 Å². The maximum atomic E-state index is 11.9. The van der Waals surface area contributed by atoms with Crippen LogP contribution in [0.25, 0.3) is 0 Å². The van der Waals surface area contributed by atoms with E-state index in [1.165, 1.54) is 0 Å². The van der Waals surface area contributed by atoms with Gasteiger partial charge in [0, 0.05) is 17.3 Å². The average Bonchev–Trinajstić information content (AvgIpc) is 2.27. The van der Waals surface area contributed by atoms with Gasteiger partial charge in [0.2, 0.25) is 0 Å². The molecule has 0 aliphatic carbocycles. The lowest BCUT2D eigenvalue weighted by Crippen LogP contribution is -2.34. The fraction of sp³-hybridized carbons (Fsp3) is 0.385. The van der Waals surface area contributed by atoms with Crippen LogP contribution < -0.4 is 16.4 Å². The van der Waals surface area contributed by atoms with E-state index in [1.807, 2.05) is 6.92 Å². The van der Waals surface area contributed by atoms with E-state index in [9.17, 15) is 14.7 Å². The number of carbonyl (C=O) groups excluding carboxylic acids is 2. The SMILES string of the molecule is CC(O)CC(C)NC(=O)c1ccc(NC(N)=O)cc1. The topological polar surface area (TPSA) is 104 Å². The van der Waals surface area contributed by atoms with E-state index < -0.39 is 12.1 Å². The molecule has 0 aromatic heterocycles. The van der Waals surface area contributed by atoms with Crippen LogP contribution in [0.3, 0.4) is 0 Å². The van der Waals surface area contributed by atoms with Gasteiger partial charge in [-0.1, -0.05) is 0 Å². The first kappa shape index (κ1) is 15.0. The Morgan fingerprint density at radius 3 is 2.32 bits per heavy atom. The first-order valence-electron chi connectivity index (χ1n) is 6.04. The van der Waals surface area contributed by atoms with Crippen molar-refractivity contribution in [2.24, 2.45) is 5.73 Å². The highest BCUT2D eigenvalue weighted by Gasteiger charge is 2.11. The first-order valence-corrected chi connectivity index (χ1v) is 6.04. The smallest absolute Gasteiger partial charge is 0.316 e. The Bertz CT molecular complexity index is 443. The lowest BCUT2D eigenvalue weighted by molar-refractivity contribution is 0.0923. The Kier molecular flexibility index (Phi) is 5.32. The van der Waals surface area contributed by atoms with Crippen molar-refractivity contribution in [1.82, 2.24) is 5.32 Å². The van der Waals surface area contributed by atoms with Crippen molar-refractivity contribution < 1.29 is 14.7 Å². The first-order chi connectivity index (χ1) is 8.88. The van der Waals surface area contributed by atoms with Crippen LogP contribution in [0, 0.1) is 0 Å². The molecule has 0 saturated carbocycles. The van der Waals surface area contributed by atoms with Crippen LogP contribution in [0.2, 0.25) is 0 Å². The lowest BCUT2D eigenvalue weighted by Gasteiger charge is -2.15. The van der Waals surface area contributed by atoms with E-state index in [4.69, 9.17) is 5.73 Å². The molecule has 1 aromatic rings. The van der Waals surface area contributed by atoms with Gasteiger partial charge in [0.1, 0.15) is 0 Å². The molecule has 5 N–H and O–H groups in total. The fourth-order valence-electron chi connectivity index (χ4n) is 1.72. The summed E-state index contributed by atoms with van der Waals surface area (Å²) in [5.74, 6) is -0.223. The zero-order valence-corrected chi connectivity index (χ0v) is 11.0. The Morgan fingerprint density at radius 1 is 1.26 bits per heavy atom. The zero-order chi connectivity index (χ0) is 14.4. The molecule has 0 fully saturated rings. The quantitative estimate of drug-likeness (QED) is 0.640. The number of primary amides is 1. The predicted octanol–water partition coefficient (Wildman–Crippen LogP) is 1.07. The number of hydrogen-bond donors (Lipinski definition) is 4. The number of carbonyl (C=O) groups is 2. The number of nitrogens with one attached hydrogen (secondary N) is 2. The largest absolute Gasteiger partial charge is 0.393 e. The van der Waals surface area contributed by atoms with Gasteiger partial charge >= 0.3 is 6.03 Å². The van der Waals surface area contributed by atoms with Gasteiger partial charge in [0.15, 0.2) is 0 Å². The third-order valence-corrected chi connectivity index (χ3v) is 2.49. The standard InChI is InChI=1S/C13H19N3O3/c1-8(7-9(2)17)15-12(18)10-3-5-11(6-4-10)16-13(14)19/h3-6,8-9,17H,7H2,1-2H3,(H,15,18)(H3,14,16,19). The summed E-state index contributed by atoms with van der Waals surface area (Å²) >= 11 is 0. The van der Waals surface area contributed by atoms with Crippen LogP contribution in [-0.2, 0) is 0 Å². The summed E-state index contributed by atoms with van der Waals surface area (Å²) in [7, 11) is 0. The molecule has 0 bridgehead atoms. The number of amides is 3. The Labute approximate surface area is 112 Å². The molecular formula is C13H19N3O3. The van der Waals surface area contributed by atoms with Crippen LogP contribution in [0.15, 0.2) is 24.3 Å². The Morgan fingerprint density at radius 2 is 1.84 bits per heavy atom. The number of hydrogen-bond acceptors (Lipinski definition) is 3. The number of rotatable bonds is 5. The minimum atomic E-state index is -0.650. The average molecular weight is 265 g/mol. The van der Waals surface area contributed by atoms with E-state index in [-0.39, 0.29) is 11.9 Å². The molecule has 1 rings (SSSR count). The Balaban J connectivity index is 2.60. The highest BCUT2D eigenvalue weighted by atomic mass is 16.3. The molecule has 19 heavy (non-hydrogen) atoms. The molecule has 2 unspecified atom stereocenters. The van der Waals surface area contributed by atoms with Gasteiger partial charge in [-0.25, -0.2) is 4.79 Å². The van der Waals surface area contributed by atoms with Crippen LogP contribution >= 0.6 is 0 Å². The number of benzene rings is 1. The summed E-state index contributed by atoms with van der Waals surface area (Å²) in [5.41, 5.74) is 5.99. The van der Waals surface area contributed by atoms with Crippen molar-refractivity contribution in [2.45, 2.75) is 32.4 Å². The summed E-state index contributed by atoms with van der Waals surface area (Å²) in [6, 6.07) is 5.61. The van der Waals surface area contributed by atoms with Crippen molar-refractivity contribution in [3.05, 3.63) is 29.8 Å². The number of urea groups is 1. The third kappa shape index (κ3) is 5.39. The molecule has 2 atom stereocenters. The summed E-state index contributed by atoms with van der Waals surface area (Å²) in [6.45, 7) is 3.50. The van der Waals surface area contributed by atoms with Crippen molar-refractivity contribution in [3.63, 3.8) is 0 Å². The second-order valence-corrected chi connectivity index (χ2v) is 4.53. The fourth-order valence-corrected chi connectivity index (χ4v) is 1.72. The second kappa shape index (κ2) is 6.75. The molecule has 6 nitrogen and oxygen atoms in total. The Hall–Kier alpha value is -2.08. The monoisotopic (exact) mass is 265 g/mol.